The topological polar surface area (TPSA) is 66.0 Å². The van der Waals surface area contributed by atoms with Gasteiger partial charge in [-0.25, -0.2) is 9.18 Å². The number of ether oxygens (including phenoxy) is 1. The van der Waals surface area contributed by atoms with Crippen LogP contribution < -0.4 is 10.6 Å². The lowest BCUT2D eigenvalue weighted by Gasteiger charge is -2.26. The molecule has 0 aliphatic heterocycles. The molecule has 6 nitrogen and oxygen atoms in total. The third-order valence-corrected chi connectivity index (χ3v) is 3.34. The molecule has 0 atom stereocenters. The Morgan fingerprint density at radius 3 is 2.46 bits per heavy atom. The molecule has 0 saturated heterocycles. The maximum Gasteiger partial charge on any atom is 0.410 e. The van der Waals surface area contributed by atoms with Gasteiger partial charge in [0.15, 0.2) is 5.96 Å². The van der Waals surface area contributed by atoms with Gasteiger partial charge in [0.05, 0.1) is 0 Å². The number of hydrogen-bond acceptors (Lipinski definition) is 3. The number of carbonyl (C=O) groups is 1. The normalized spacial score (nSPS) is 11.4. The smallest absolute Gasteiger partial charge is 0.410 e. The van der Waals surface area contributed by atoms with Gasteiger partial charge in [-0.2, -0.15) is 0 Å². The summed E-state index contributed by atoms with van der Waals surface area (Å²) in [5.41, 5.74) is 0.0457. The van der Waals surface area contributed by atoms with Crippen LogP contribution in [0.2, 0.25) is 0 Å². The lowest BCUT2D eigenvalue weighted by atomic mass is 10.2. The Labute approximate surface area is 172 Å². The Morgan fingerprint density at radius 2 is 1.92 bits per heavy atom. The van der Waals surface area contributed by atoms with Gasteiger partial charge < -0.3 is 20.3 Å². The summed E-state index contributed by atoms with van der Waals surface area (Å²) in [6, 6.07) is 6.59. The number of hydrogen-bond donors (Lipinski definition) is 2. The van der Waals surface area contributed by atoms with Crippen molar-refractivity contribution >= 4 is 36.0 Å². The number of nitrogens with zero attached hydrogens (tertiary/aromatic N) is 2. The molecule has 0 radical (unpaired) electrons. The number of halogens is 2. The molecule has 1 amide bonds. The molecule has 0 saturated carbocycles. The molecule has 0 spiro atoms. The van der Waals surface area contributed by atoms with Crippen molar-refractivity contribution in [2.24, 2.45) is 4.99 Å². The fourth-order valence-corrected chi connectivity index (χ4v) is 2.06. The third kappa shape index (κ3) is 9.21. The van der Waals surface area contributed by atoms with Crippen LogP contribution in [0.4, 0.5) is 9.18 Å². The van der Waals surface area contributed by atoms with Crippen molar-refractivity contribution in [2.45, 2.75) is 39.8 Å². The molecule has 8 heteroatoms. The minimum absolute atomic E-state index is 0. The summed E-state index contributed by atoms with van der Waals surface area (Å²) in [7, 11) is 1.64. The summed E-state index contributed by atoms with van der Waals surface area (Å²) in [5.74, 6) is 0.288. The van der Waals surface area contributed by atoms with Crippen LogP contribution >= 0.6 is 24.0 Å². The molecule has 1 rings (SSSR count). The third-order valence-electron chi connectivity index (χ3n) is 3.34. The van der Waals surface area contributed by atoms with Crippen LogP contribution in [0.5, 0.6) is 0 Å². The second-order valence-corrected chi connectivity index (χ2v) is 6.50. The number of aliphatic imine (C=N–C) groups is 1. The van der Waals surface area contributed by atoms with Gasteiger partial charge in [-0.3, -0.25) is 4.99 Å². The van der Waals surface area contributed by atoms with Crippen LogP contribution in [0.25, 0.3) is 0 Å². The number of amides is 1. The average molecular weight is 480 g/mol. The van der Waals surface area contributed by atoms with Gasteiger partial charge in [-0.15, -0.1) is 24.0 Å². The molecule has 2 N–H and O–H groups in total. The van der Waals surface area contributed by atoms with E-state index in [4.69, 9.17) is 4.74 Å². The number of rotatable bonds is 6. The summed E-state index contributed by atoms with van der Waals surface area (Å²) in [6.45, 7) is 9.28. The van der Waals surface area contributed by atoms with E-state index in [1.807, 2.05) is 27.7 Å². The van der Waals surface area contributed by atoms with E-state index in [0.29, 0.717) is 37.7 Å². The Hall–Kier alpha value is -1.58. The number of guanidine groups is 1. The molecule has 1 aromatic rings. The highest BCUT2D eigenvalue weighted by molar-refractivity contribution is 14.0. The van der Waals surface area contributed by atoms with Crippen molar-refractivity contribution < 1.29 is 13.9 Å². The predicted molar refractivity (Wildman–Crippen MR) is 113 cm³/mol. The summed E-state index contributed by atoms with van der Waals surface area (Å²) >= 11 is 0. The zero-order valence-corrected chi connectivity index (χ0v) is 18.5. The molecule has 0 aromatic heterocycles. The molecule has 148 valence electrons. The van der Waals surface area contributed by atoms with Crippen molar-refractivity contribution in [2.75, 3.05) is 26.7 Å². The minimum Gasteiger partial charge on any atom is -0.444 e. The van der Waals surface area contributed by atoms with Crippen LogP contribution in [0, 0.1) is 5.82 Å². The molecule has 0 bridgehead atoms. The zero-order chi connectivity index (χ0) is 18.9. The molecular formula is C18H30FIN4O2. The van der Waals surface area contributed by atoms with Crippen LogP contribution in [-0.4, -0.2) is 49.2 Å². The first kappa shape index (κ1) is 24.4. The highest BCUT2D eigenvalue weighted by Crippen LogP contribution is 2.09. The van der Waals surface area contributed by atoms with Crippen LogP contribution in [-0.2, 0) is 11.3 Å². The lowest BCUT2D eigenvalue weighted by molar-refractivity contribution is 0.0264. The van der Waals surface area contributed by atoms with Crippen LogP contribution in [0.15, 0.2) is 29.3 Å². The van der Waals surface area contributed by atoms with Gasteiger partial charge in [0.2, 0.25) is 0 Å². The first-order chi connectivity index (χ1) is 11.8. The molecule has 0 aliphatic carbocycles. The lowest BCUT2D eigenvalue weighted by Crippen LogP contribution is -2.44. The van der Waals surface area contributed by atoms with E-state index in [1.165, 1.54) is 6.07 Å². The van der Waals surface area contributed by atoms with E-state index in [-0.39, 0.29) is 35.9 Å². The molecule has 0 fully saturated rings. The Morgan fingerprint density at radius 1 is 1.27 bits per heavy atom. The van der Waals surface area contributed by atoms with Gasteiger partial charge in [0.1, 0.15) is 11.4 Å². The maximum absolute atomic E-state index is 13.6. The Balaban J connectivity index is 0.00000625. The zero-order valence-electron chi connectivity index (χ0n) is 16.1. The summed E-state index contributed by atoms with van der Waals surface area (Å²) in [4.78, 5) is 17.8. The molecule has 0 heterocycles. The number of nitrogens with one attached hydrogen (secondary N) is 2. The highest BCUT2D eigenvalue weighted by Gasteiger charge is 2.20. The van der Waals surface area contributed by atoms with E-state index >= 15 is 0 Å². The van der Waals surface area contributed by atoms with Crippen molar-refractivity contribution in [1.82, 2.24) is 15.5 Å². The number of carbonyl (C=O) groups excluding carboxylic acids is 1. The van der Waals surface area contributed by atoms with E-state index in [0.717, 1.165) is 0 Å². The molecular weight excluding hydrogens is 450 g/mol. The van der Waals surface area contributed by atoms with Crippen LogP contribution in [0.1, 0.15) is 33.3 Å². The predicted octanol–water partition coefficient (Wildman–Crippen LogP) is 3.37. The van der Waals surface area contributed by atoms with E-state index in [2.05, 4.69) is 15.6 Å². The second kappa shape index (κ2) is 11.9. The Kier molecular flexibility index (Phi) is 11.2. The van der Waals surface area contributed by atoms with Crippen molar-refractivity contribution in [3.05, 3.63) is 35.6 Å². The highest BCUT2D eigenvalue weighted by atomic mass is 127. The summed E-state index contributed by atoms with van der Waals surface area (Å²) < 4.78 is 19.0. The molecule has 1 aromatic carbocycles. The van der Waals surface area contributed by atoms with E-state index in [1.54, 1.807) is 30.1 Å². The SMILES string of the molecule is CCN(CCNC(=NC)NCc1ccccc1F)C(=O)OC(C)(C)C.I. The van der Waals surface area contributed by atoms with Crippen molar-refractivity contribution in [3.63, 3.8) is 0 Å². The maximum atomic E-state index is 13.6. The second-order valence-electron chi connectivity index (χ2n) is 6.50. The van der Waals surface area contributed by atoms with Gasteiger partial charge in [0.25, 0.3) is 0 Å². The van der Waals surface area contributed by atoms with Gasteiger partial charge >= 0.3 is 6.09 Å². The Bertz CT molecular complexity index is 591. The van der Waals surface area contributed by atoms with Gasteiger partial charge in [0, 0.05) is 38.8 Å². The molecule has 0 unspecified atom stereocenters. The summed E-state index contributed by atoms with van der Waals surface area (Å²) in [6.07, 6.45) is -0.342. The van der Waals surface area contributed by atoms with Crippen LogP contribution in [0.3, 0.4) is 0 Å². The molecule has 26 heavy (non-hydrogen) atoms. The quantitative estimate of drug-likeness (QED) is 0.373. The van der Waals surface area contributed by atoms with Crippen molar-refractivity contribution in [3.8, 4) is 0 Å². The largest absolute Gasteiger partial charge is 0.444 e. The van der Waals surface area contributed by atoms with Gasteiger partial charge in [-0.05, 0) is 33.8 Å². The van der Waals surface area contributed by atoms with E-state index in [9.17, 15) is 9.18 Å². The van der Waals surface area contributed by atoms with E-state index < -0.39 is 5.60 Å². The first-order valence-corrected chi connectivity index (χ1v) is 8.42. The monoisotopic (exact) mass is 480 g/mol. The fourth-order valence-electron chi connectivity index (χ4n) is 2.06. The fraction of sp³-hybridized carbons (Fsp3) is 0.556. The van der Waals surface area contributed by atoms with Gasteiger partial charge in [-0.1, -0.05) is 18.2 Å². The standard InChI is InChI=1S/C18H29FN4O2.HI/c1-6-23(17(24)25-18(2,3)4)12-11-21-16(20-5)22-13-14-9-7-8-10-15(14)19;/h7-10H,6,11-13H2,1-5H3,(H2,20,21,22);1H. The number of benzene rings is 1. The first-order valence-electron chi connectivity index (χ1n) is 8.42. The number of likely N-dealkylation sites (N-methyl/N-ethyl adjacent to an activating group) is 1. The summed E-state index contributed by atoms with van der Waals surface area (Å²) in [5, 5.41) is 6.16. The average Bonchev–Trinajstić information content (AvgIpc) is 2.54. The molecule has 0 aliphatic rings. The minimum atomic E-state index is -0.519. The van der Waals surface area contributed by atoms with Crippen molar-refractivity contribution in [1.29, 1.82) is 0 Å².